The summed E-state index contributed by atoms with van der Waals surface area (Å²) in [7, 11) is -6.97. The highest BCUT2D eigenvalue weighted by Gasteiger charge is 2.18. The molecule has 0 heterocycles. The molecule has 0 amide bonds. The zero-order chi connectivity index (χ0) is 13.5. The van der Waals surface area contributed by atoms with E-state index in [1.807, 2.05) is 6.92 Å². The quantitative estimate of drug-likeness (QED) is 0.439. The molecular weight excluding hydrogens is 264 g/mol. The van der Waals surface area contributed by atoms with Gasteiger partial charge in [-0.05, 0) is 32.4 Å². The summed E-state index contributed by atoms with van der Waals surface area (Å²) in [5.74, 6) is 0. The van der Waals surface area contributed by atoms with E-state index in [2.05, 4.69) is 0 Å². The van der Waals surface area contributed by atoms with Crippen LogP contribution in [-0.4, -0.2) is 51.8 Å². The van der Waals surface area contributed by atoms with Crippen molar-refractivity contribution in [2.75, 3.05) is 32.2 Å². The van der Waals surface area contributed by atoms with Crippen molar-refractivity contribution in [3.63, 3.8) is 0 Å². The second-order valence-electron chi connectivity index (χ2n) is 4.41. The van der Waals surface area contributed by atoms with Gasteiger partial charge in [0.1, 0.15) is 6.29 Å². The van der Waals surface area contributed by atoms with Gasteiger partial charge in [0.15, 0.2) is 7.37 Å². The van der Waals surface area contributed by atoms with Gasteiger partial charge in [0.2, 0.25) is 0 Å². The maximum absolute atomic E-state index is 11.0. The van der Waals surface area contributed by atoms with Crippen LogP contribution in [0.2, 0.25) is 0 Å². The summed E-state index contributed by atoms with van der Waals surface area (Å²) in [4.78, 5) is 28.6. The number of hydrogen-bond donors (Lipinski definition) is 3. The first-order chi connectivity index (χ1) is 7.64. The van der Waals surface area contributed by atoms with Gasteiger partial charge in [0.05, 0.1) is 0 Å². The summed E-state index contributed by atoms with van der Waals surface area (Å²) in [6.45, 7) is 4.46. The van der Waals surface area contributed by atoms with Crippen LogP contribution in [0.5, 0.6) is 0 Å². The van der Waals surface area contributed by atoms with Gasteiger partial charge in [-0.1, -0.05) is 6.92 Å². The zero-order valence-corrected chi connectivity index (χ0v) is 12.2. The van der Waals surface area contributed by atoms with E-state index in [1.54, 1.807) is 4.90 Å². The minimum absolute atomic E-state index is 0.232. The van der Waals surface area contributed by atoms with Gasteiger partial charge in [0, 0.05) is 12.8 Å². The minimum atomic E-state index is -4.01. The first-order valence-corrected chi connectivity index (χ1v) is 9.79. The summed E-state index contributed by atoms with van der Waals surface area (Å²) in [5.41, 5.74) is 0. The first kappa shape index (κ1) is 17.3. The van der Waals surface area contributed by atoms with Gasteiger partial charge >= 0.3 is 7.60 Å². The van der Waals surface area contributed by atoms with E-state index in [1.165, 1.54) is 6.66 Å². The number of unbranched alkanes of at least 4 members (excludes halogenated alkanes) is 1. The Morgan fingerprint density at radius 3 is 2.06 bits per heavy atom. The lowest BCUT2D eigenvalue weighted by molar-refractivity contribution is 0.272. The van der Waals surface area contributed by atoms with E-state index in [0.717, 1.165) is 6.42 Å². The van der Waals surface area contributed by atoms with Crippen LogP contribution in [0.15, 0.2) is 0 Å². The lowest BCUT2D eigenvalue weighted by Crippen LogP contribution is -2.27. The topological polar surface area (TPSA) is 98.1 Å². The fourth-order valence-electron chi connectivity index (χ4n) is 1.57. The van der Waals surface area contributed by atoms with E-state index in [9.17, 15) is 9.13 Å². The van der Waals surface area contributed by atoms with Crippen LogP contribution in [0, 0.1) is 0 Å². The van der Waals surface area contributed by atoms with Crippen LogP contribution in [0.1, 0.15) is 26.2 Å². The SMILES string of the molecule is CCCN(CCCCP(C)(=O)O)CP(=O)(O)O. The van der Waals surface area contributed by atoms with Crippen LogP contribution >= 0.6 is 15.0 Å². The fraction of sp³-hybridized carbons (Fsp3) is 1.00. The number of rotatable bonds is 9. The molecule has 0 spiro atoms. The molecule has 0 saturated heterocycles. The Kier molecular flexibility index (Phi) is 7.81. The van der Waals surface area contributed by atoms with Gasteiger partial charge in [-0.2, -0.15) is 0 Å². The smallest absolute Gasteiger partial charge is 0.339 e. The van der Waals surface area contributed by atoms with Crippen LogP contribution in [0.25, 0.3) is 0 Å². The van der Waals surface area contributed by atoms with Crippen molar-refractivity contribution in [3.05, 3.63) is 0 Å². The van der Waals surface area contributed by atoms with Crippen molar-refractivity contribution >= 4 is 15.0 Å². The Bertz CT molecular complexity index is 298. The summed E-state index contributed by atoms with van der Waals surface area (Å²) in [5, 5.41) is 0. The second-order valence-corrected chi connectivity index (χ2v) is 8.57. The molecule has 0 rings (SSSR count). The summed E-state index contributed by atoms with van der Waals surface area (Å²) in [6, 6.07) is 0. The number of hydrogen-bond acceptors (Lipinski definition) is 3. The van der Waals surface area contributed by atoms with Crippen molar-refractivity contribution in [2.45, 2.75) is 26.2 Å². The molecule has 0 aromatic heterocycles. The molecule has 0 bridgehead atoms. The molecule has 0 radical (unpaired) electrons. The van der Waals surface area contributed by atoms with Crippen LogP contribution in [0.4, 0.5) is 0 Å². The predicted octanol–water partition coefficient (Wildman–Crippen LogP) is 1.51. The van der Waals surface area contributed by atoms with E-state index < -0.39 is 15.0 Å². The van der Waals surface area contributed by atoms with Gasteiger partial charge in [-0.15, -0.1) is 0 Å². The third-order valence-corrected chi connectivity index (χ3v) is 4.14. The van der Waals surface area contributed by atoms with Crippen molar-refractivity contribution < 1.29 is 23.8 Å². The summed E-state index contributed by atoms with van der Waals surface area (Å²) >= 11 is 0. The Morgan fingerprint density at radius 2 is 1.65 bits per heavy atom. The lowest BCUT2D eigenvalue weighted by atomic mass is 10.3. The molecule has 0 aromatic rings. The van der Waals surface area contributed by atoms with Gasteiger partial charge in [-0.25, -0.2) is 0 Å². The minimum Gasteiger partial charge on any atom is -0.344 e. The molecule has 0 saturated carbocycles. The van der Waals surface area contributed by atoms with E-state index in [4.69, 9.17) is 14.7 Å². The molecule has 8 heteroatoms. The molecule has 0 aliphatic heterocycles. The van der Waals surface area contributed by atoms with Gasteiger partial charge < -0.3 is 14.7 Å². The highest BCUT2D eigenvalue weighted by atomic mass is 31.2. The maximum Gasteiger partial charge on any atom is 0.339 e. The Balaban J connectivity index is 3.93. The van der Waals surface area contributed by atoms with Crippen LogP contribution < -0.4 is 0 Å². The maximum atomic E-state index is 11.0. The largest absolute Gasteiger partial charge is 0.344 e. The Hall–Kier alpha value is 0.300. The first-order valence-electron chi connectivity index (χ1n) is 5.70. The summed E-state index contributed by atoms with van der Waals surface area (Å²) in [6.07, 6.45) is 2.14. The average Bonchev–Trinajstić information content (AvgIpc) is 2.08. The highest BCUT2D eigenvalue weighted by Crippen LogP contribution is 2.37. The van der Waals surface area contributed by atoms with E-state index >= 15 is 0 Å². The Labute approximate surface area is 103 Å². The molecule has 3 N–H and O–H groups in total. The standard InChI is InChI=1S/C9H23NO5P2/c1-3-6-10(9-17(13,14)15)7-4-5-8-16(2,11)12/h3-9H2,1-2H3,(H,11,12)(H2,13,14,15). The zero-order valence-electron chi connectivity index (χ0n) is 10.4. The fourth-order valence-corrected chi connectivity index (χ4v) is 3.18. The van der Waals surface area contributed by atoms with Gasteiger partial charge in [-0.3, -0.25) is 14.0 Å². The van der Waals surface area contributed by atoms with Crippen LogP contribution in [0.3, 0.4) is 0 Å². The van der Waals surface area contributed by atoms with E-state index in [-0.39, 0.29) is 12.4 Å². The third-order valence-electron chi connectivity index (χ3n) is 2.22. The van der Waals surface area contributed by atoms with Crippen molar-refractivity contribution in [1.29, 1.82) is 0 Å². The molecule has 6 nitrogen and oxygen atoms in total. The number of nitrogens with zero attached hydrogens (tertiary/aromatic N) is 1. The molecular formula is C9H23NO5P2. The normalized spacial score (nSPS) is 16.1. The third kappa shape index (κ3) is 12.5. The van der Waals surface area contributed by atoms with Crippen molar-refractivity contribution in [2.24, 2.45) is 0 Å². The molecule has 104 valence electrons. The molecule has 17 heavy (non-hydrogen) atoms. The lowest BCUT2D eigenvalue weighted by Gasteiger charge is -2.21. The summed E-state index contributed by atoms with van der Waals surface area (Å²) < 4.78 is 21.9. The molecule has 1 atom stereocenters. The molecule has 0 fully saturated rings. The average molecular weight is 287 g/mol. The molecule has 0 aliphatic rings. The molecule has 1 unspecified atom stereocenters. The van der Waals surface area contributed by atoms with Crippen LogP contribution in [-0.2, 0) is 9.13 Å². The van der Waals surface area contributed by atoms with Gasteiger partial charge in [0.25, 0.3) is 0 Å². The molecule has 0 aliphatic carbocycles. The Morgan fingerprint density at radius 1 is 1.06 bits per heavy atom. The van der Waals surface area contributed by atoms with Crippen molar-refractivity contribution in [1.82, 2.24) is 4.90 Å². The predicted molar refractivity (Wildman–Crippen MR) is 68.6 cm³/mol. The second kappa shape index (κ2) is 7.67. The monoisotopic (exact) mass is 287 g/mol. The highest BCUT2D eigenvalue weighted by molar-refractivity contribution is 7.57. The van der Waals surface area contributed by atoms with E-state index in [0.29, 0.717) is 25.9 Å². The molecule has 0 aromatic carbocycles. The van der Waals surface area contributed by atoms with Crippen molar-refractivity contribution in [3.8, 4) is 0 Å².